The van der Waals surface area contributed by atoms with Crippen molar-refractivity contribution < 1.29 is 18.3 Å². The van der Waals surface area contributed by atoms with Crippen LogP contribution in [-0.4, -0.2) is 31.8 Å². The molecule has 19 heavy (non-hydrogen) atoms. The molecule has 2 N–H and O–H groups in total. The smallest absolute Gasteiger partial charge is 0.311 e. The lowest BCUT2D eigenvalue weighted by Crippen LogP contribution is -2.24. The molecule has 0 aliphatic heterocycles. The number of sulfone groups is 1. The Morgan fingerprint density at radius 1 is 1.32 bits per heavy atom. The highest BCUT2D eigenvalue weighted by Crippen LogP contribution is 2.45. The summed E-state index contributed by atoms with van der Waals surface area (Å²) in [6.45, 7) is 1.98. The number of carbonyl (C=O) groups is 1. The summed E-state index contributed by atoms with van der Waals surface area (Å²) in [4.78, 5) is 11.3. The second-order valence-electron chi connectivity index (χ2n) is 4.87. The first kappa shape index (κ1) is 13.9. The number of carboxylic acids is 1. The van der Waals surface area contributed by atoms with E-state index in [4.69, 9.17) is 5.11 Å². The van der Waals surface area contributed by atoms with E-state index in [0.29, 0.717) is 24.3 Å². The molecule has 2 rings (SSSR count). The van der Waals surface area contributed by atoms with E-state index in [2.05, 4.69) is 5.32 Å². The highest BCUT2D eigenvalue weighted by molar-refractivity contribution is 7.91. The van der Waals surface area contributed by atoms with E-state index in [0.717, 1.165) is 5.69 Å². The van der Waals surface area contributed by atoms with Crippen molar-refractivity contribution >= 4 is 21.5 Å². The molecular weight excluding hydrogens is 266 g/mol. The van der Waals surface area contributed by atoms with Crippen molar-refractivity contribution in [3.8, 4) is 0 Å². The Hall–Kier alpha value is -1.56. The van der Waals surface area contributed by atoms with E-state index in [1.165, 1.54) is 0 Å². The molecule has 0 atom stereocenters. The van der Waals surface area contributed by atoms with Gasteiger partial charge in [0, 0.05) is 12.2 Å². The lowest BCUT2D eigenvalue weighted by molar-refractivity contribution is -0.142. The van der Waals surface area contributed by atoms with Gasteiger partial charge in [-0.2, -0.15) is 0 Å². The van der Waals surface area contributed by atoms with E-state index in [-0.39, 0.29) is 5.75 Å². The Bertz CT molecular complexity index is 573. The maximum absolute atomic E-state index is 11.6. The number of nitrogens with one attached hydrogen (secondary N) is 1. The fourth-order valence-electron chi connectivity index (χ4n) is 1.84. The Labute approximate surface area is 112 Å². The summed E-state index contributed by atoms with van der Waals surface area (Å²) in [7, 11) is -3.18. The van der Waals surface area contributed by atoms with Crippen LogP contribution in [-0.2, 0) is 14.6 Å². The van der Waals surface area contributed by atoms with Gasteiger partial charge in [0.2, 0.25) is 0 Å². The summed E-state index contributed by atoms with van der Waals surface area (Å²) < 4.78 is 23.3. The molecule has 0 unspecified atom stereocenters. The highest BCUT2D eigenvalue weighted by atomic mass is 32.2. The van der Waals surface area contributed by atoms with E-state index in [1.54, 1.807) is 31.2 Å². The molecule has 1 aliphatic rings. The molecule has 0 heterocycles. The molecule has 1 saturated carbocycles. The minimum atomic E-state index is -3.18. The Kier molecular flexibility index (Phi) is 3.54. The molecular formula is C13H17NO4S. The fraction of sp³-hybridized carbons (Fsp3) is 0.462. The average molecular weight is 283 g/mol. The topological polar surface area (TPSA) is 83.5 Å². The van der Waals surface area contributed by atoms with Gasteiger partial charge in [-0.05, 0) is 37.1 Å². The van der Waals surface area contributed by atoms with Crippen LogP contribution in [0.25, 0.3) is 0 Å². The third-order valence-corrected chi connectivity index (χ3v) is 5.28. The third kappa shape index (κ3) is 2.89. The van der Waals surface area contributed by atoms with Crippen LogP contribution >= 0.6 is 0 Å². The zero-order valence-corrected chi connectivity index (χ0v) is 11.5. The van der Waals surface area contributed by atoms with Gasteiger partial charge in [0.05, 0.1) is 16.1 Å². The molecule has 0 saturated heterocycles. The van der Waals surface area contributed by atoms with Crippen LogP contribution in [0.15, 0.2) is 29.2 Å². The minimum Gasteiger partial charge on any atom is -0.481 e. The van der Waals surface area contributed by atoms with Crippen molar-refractivity contribution in [3.05, 3.63) is 24.3 Å². The van der Waals surface area contributed by atoms with Crippen LogP contribution in [0.5, 0.6) is 0 Å². The van der Waals surface area contributed by atoms with Gasteiger partial charge in [0.15, 0.2) is 9.84 Å². The first-order chi connectivity index (χ1) is 8.89. The first-order valence-electron chi connectivity index (χ1n) is 6.20. The highest BCUT2D eigenvalue weighted by Gasteiger charge is 2.49. The van der Waals surface area contributed by atoms with Crippen LogP contribution in [0.1, 0.15) is 19.8 Å². The van der Waals surface area contributed by atoms with Gasteiger partial charge in [0.25, 0.3) is 0 Å². The predicted molar refractivity (Wildman–Crippen MR) is 72.0 cm³/mol. The summed E-state index contributed by atoms with van der Waals surface area (Å²) in [6.07, 6.45) is 1.38. The average Bonchev–Trinajstić information content (AvgIpc) is 3.18. The van der Waals surface area contributed by atoms with Crippen molar-refractivity contribution in [1.29, 1.82) is 0 Å². The maximum atomic E-state index is 11.6. The van der Waals surface area contributed by atoms with Crippen molar-refractivity contribution in [2.45, 2.75) is 24.7 Å². The Morgan fingerprint density at radius 2 is 1.89 bits per heavy atom. The monoisotopic (exact) mass is 283 g/mol. The van der Waals surface area contributed by atoms with E-state index < -0.39 is 21.2 Å². The molecule has 0 radical (unpaired) electrons. The second kappa shape index (κ2) is 4.85. The Morgan fingerprint density at radius 3 is 2.32 bits per heavy atom. The predicted octanol–water partition coefficient (Wildman–Crippen LogP) is 1.76. The molecule has 0 amide bonds. The Balaban J connectivity index is 2.02. The number of rotatable bonds is 6. The van der Waals surface area contributed by atoms with Gasteiger partial charge in [-0.15, -0.1) is 0 Å². The van der Waals surface area contributed by atoms with Crippen LogP contribution in [0.3, 0.4) is 0 Å². The molecule has 1 fully saturated rings. The number of carboxylic acid groups (broad SMARTS) is 1. The van der Waals surface area contributed by atoms with Gasteiger partial charge in [-0.1, -0.05) is 6.92 Å². The van der Waals surface area contributed by atoms with Crippen molar-refractivity contribution in [1.82, 2.24) is 0 Å². The number of benzene rings is 1. The number of anilines is 1. The standard InChI is InChI=1S/C13H17NO4S/c1-2-19(17,18)11-5-3-10(4-6-11)14-9-13(7-8-13)12(15)16/h3-6,14H,2,7-9H2,1H3,(H,15,16). The van der Waals surface area contributed by atoms with Gasteiger partial charge in [-0.25, -0.2) is 8.42 Å². The molecule has 0 bridgehead atoms. The van der Waals surface area contributed by atoms with Crippen molar-refractivity contribution in [2.75, 3.05) is 17.6 Å². The number of hydrogen-bond acceptors (Lipinski definition) is 4. The maximum Gasteiger partial charge on any atom is 0.311 e. The quantitative estimate of drug-likeness (QED) is 0.831. The zero-order valence-electron chi connectivity index (χ0n) is 10.7. The summed E-state index contributed by atoms with van der Waals surface area (Å²) in [5.74, 6) is -0.702. The number of hydrogen-bond donors (Lipinski definition) is 2. The van der Waals surface area contributed by atoms with Crippen molar-refractivity contribution in [3.63, 3.8) is 0 Å². The zero-order chi connectivity index (χ0) is 14.1. The SMILES string of the molecule is CCS(=O)(=O)c1ccc(NCC2(C(=O)O)CC2)cc1. The molecule has 1 aromatic carbocycles. The summed E-state index contributed by atoms with van der Waals surface area (Å²) in [5.41, 5.74) is 0.108. The van der Waals surface area contributed by atoms with Gasteiger partial charge < -0.3 is 10.4 Å². The first-order valence-corrected chi connectivity index (χ1v) is 7.85. The summed E-state index contributed by atoms with van der Waals surface area (Å²) >= 11 is 0. The van der Waals surface area contributed by atoms with Gasteiger partial charge in [-0.3, -0.25) is 4.79 Å². The molecule has 5 nitrogen and oxygen atoms in total. The van der Waals surface area contributed by atoms with Gasteiger partial charge in [0.1, 0.15) is 0 Å². The van der Waals surface area contributed by atoms with Crippen molar-refractivity contribution in [2.24, 2.45) is 5.41 Å². The lowest BCUT2D eigenvalue weighted by atomic mass is 10.1. The molecule has 1 aromatic rings. The normalized spacial score (nSPS) is 16.9. The summed E-state index contributed by atoms with van der Waals surface area (Å²) in [5, 5.41) is 12.1. The van der Waals surface area contributed by atoms with Crippen LogP contribution in [0.2, 0.25) is 0 Å². The van der Waals surface area contributed by atoms with Crippen LogP contribution in [0, 0.1) is 5.41 Å². The third-order valence-electron chi connectivity index (χ3n) is 3.53. The number of aliphatic carboxylic acids is 1. The van der Waals surface area contributed by atoms with Gasteiger partial charge >= 0.3 is 5.97 Å². The minimum absolute atomic E-state index is 0.0713. The lowest BCUT2D eigenvalue weighted by Gasteiger charge is -2.12. The van der Waals surface area contributed by atoms with E-state index >= 15 is 0 Å². The van der Waals surface area contributed by atoms with Crippen LogP contribution in [0.4, 0.5) is 5.69 Å². The molecule has 0 spiro atoms. The second-order valence-corrected chi connectivity index (χ2v) is 7.15. The van der Waals surface area contributed by atoms with E-state index in [9.17, 15) is 13.2 Å². The molecule has 0 aromatic heterocycles. The summed E-state index contributed by atoms with van der Waals surface area (Å²) in [6, 6.07) is 6.42. The fourth-order valence-corrected chi connectivity index (χ4v) is 2.72. The largest absolute Gasteiger partial charge is 0.481 e. The van der Waals surface area contributed by atoms with E-state index in [1.807, 2.05) is 0 Å². The molecule has 104 valence electrons. The van der Waals surface area contributed by atoms with Crippen LogP contribution < -0.4 is 5.32 Å². The molecule has 6 heteroatoms. The molecule has 1 aliphatic carbocycles.